The first-order valence-electron chi connectivity index (χ1n) is 6.86. The van der Waals surface area contributed by atoms with Crippen LogP contribution in [0.15, 0.2) is 28.7 Å². The summed E-state index contributed by atoms with van der Waals surface area (Å²) in [5.74, 6) is 1.09. The number of benzene rings is 1. The molecule has 1 aromatic heterocycles. The molecule has 18 heavy (non-hydrogen) atoms. The van der Waals surface area contributed by atoms with Gasteiger partial charge in [0.15, 0.2) is 0 Å². The Hall–Kier alpha value is -1.28. The zero-order valence-corrected chi connectivity index (χ0v) is 11.1. The molecule has 2 atom stereocenters. The van der Waals surface area contributed by atoms with E-state index in [1.807, 2.05) is 18.2 Å². The van der Waals surface area contributed by atoms with Gasteiger partial charge in [-0.25, -0.2) is 0 Å². The van der Waals surface area contributed by atoms with Crippen LogP contribution in [0, 0.1) is 12.8 Å². The van der Waals surface area contributed by atoms with Gasteiger partial charge >= 0.3 is 0 Å². The van der Waals surface area contributed by atoms with Gasteiger partial charge in [-0.2, -0.15) is 0 Å². The fourth-order valence-corrected chi connectivity index (χ4v) is 3.30. The number of aryl methyl sites for hydroxylation is 1. The van der Waals surface area contributed by atoms with Gasteiger partial charge in [-0.05, 0) is 50.3 Å². The predicted molar refractivity (Wildman–Crippen MR) is 72.5 cm³/mol. The lowest BCUT2D eigenvalue weighted by Crippen LogP contribution is -2.29. The van der Waals surface area contributed by atoms with Crippen LogP contribution < -0.4 is 0 Å². The van der Waals surface area contributed by atoms with Gasteiger partial charge < -0.3 is 9.52 Å². The van der Waals surface area contributed by atoms with Crippen molar-refractivity contribution in [2.24, 2.45) is 5.92 Å². The Labute approximate surface area is 108 Å². The van der Waals surface area contributed by atoms with Crippen molar-refractivity contribution in [3.8, 4) is 0 Å². The van der Waals surface area contributed by atoms with E-state index < -0.39 is 5.60 Å². The number of aliphatic hydroxyl groups is 1. The summed E-state index contributed by atoms with van der Waals surface area (Å²) >= 11 is 0. The van der Waals surface area contributed by atoms with Crippen molar-refractivity contribution in [2.75, 3.05) is 0 Å². The Bertz CT molecular complexity index is 569. The molecule has 1 aliphatic rings. The Morgan fingerprint density at radius 3 is 3.00 bits per heavy atom. The summed E-state index contributed by atoms with van der Waals surface area (Å²) in [6, 6.07) is 8.18. The number of rotatable bonds is 2. The first kappa shape index (κ1) is 11.8. The third-order valence-electron chi connectivity index (χ3n) is 4.38. The summed E-state index contributed by atoms with van der Waals surface area (Å²) in [6.45, 7) is 4.22. The summed E-state index contributed by atoms with van der Waals surface area (Å²) in [6.07, 6.45) is 4.02. The Morgan fingerprint density at radius 2 is 2.22 bits per heavy atom. The molecule has 0 bridgehead atoms. The topological polar surface area (TPSA) is 33.4 Å². The molecule has 0 radical (unpaired) electrons. The van der Waals surface area contributed by atoms with Crippen molar-refractivity contribution < 1.29 is 9.52 Å². The van der Waals surface area contributed by atoms with Crippen LogP contribution >= 0.6 is 0 Å². The van der Waals surface area contributed by atoms with Crippen LogP contribution in [-0.4, -0.2) is 5.11 Å². The minimum Gasteiger partial charge on any atom is -0.458 e. The van der Waals surface area contributed by atoms with Crippen molar-refractivity contribution >= 4 is 11.0 Å². The molecular weight excluding hydrogens is 224 g/mol. The quantitative estimate of drug-likeness (QED) is 0.861. The van der Waals surface area contributed by atoms with E-state index >= 15 is 0 Å². The molecule has 0 spiro atoms. The van der Waals surface area contributed by atoms with Gasteiger partial charge in [-0.1, -0.05) is 25.0 Å². The molecule has 1 saturated carbocycles. The van der Waals surface area contributed by atoms with E-state index in [1.165, 1.54) is 5.56 Å². The van der Waals surface area contributed by atoms with Gasteiger partial charge in [-0.15, -0.1) is 0 Å². The number of furan rings is 1. The summed E-state index contributed by atoms with van der Waals surface area (Å²) < 4.78 is 5.89. The maximum atomic E-state index is 10.9. The maximum Gasteiger partial charge on any atom is 0.137 e. The van der Waals surface area contributed by atoms with E-state index in [9.17, 15) is 5.11 Å². The molecule has 3 rings (SSSR count). The molecule has 1 aromatic carbocycles. The van der Waals surface area contributed by atoms with Gasteiger partial charge in [0.25, 0.3) is 0 Å². The number of fused-ring (bicyclic) bond motifs is 1. The molecule has 2 heteroatoms. The Balaban J connectivity index is 2.08. The monoisotopic (exact) mass is 244 g/mol. The lowest BCUT2D eigenvalue weighted by atomic mass is 9.86. The minimum absolute atomic E-state index is 0.333. The highest BCUT2D eigenvalue weighted by Crippen LogP contribution is 2.46. The van der Waals surface area contributed by atoms with Crippen LogP contribution in [0.4, 0.5) is 0 Å². The minimum atomic E-state index is -0.748. The van der Waals surface area contributed by atoms with Gasteiger partial charge in [0.2, 0.25) is 0 Å². The lowest BCUT2D eigenvalue weighted by Gasteiger charge is -2.27. The maximum absolute atomic E-state index is 10.9. The van der Waals surface area contributed by atoms with Crippen molar-refractivity contribution in [1.82, 2.24) is 0 Å². The second-order valence-corrected chi connectivity index (χ2v) is 5.57. The molecule has 2 nitrogen and oxygen atoms in total. The molecule has 96 valence electrons. The second-order valence-electron chi connectivity index (χ2n) is 5.57. The van der Waals surface area contributed by atoms with Gasteiger partial charge in [-0.3, -0.25) is 0 Å². The molecule has 0 amide bonds. The fraction of sp³-hybridized carbons (Fsp3) is 0.500. The third kappa shape index (κ3) is 1.67. The zero-order chi connectivity index (χ0) is 12.8. The molecule has 1 fully saturated rings. The van der Waals surface area contributed by atoms with Gasteiger partial charge in [0.05, 0.1) is 0 Å². The fourth-order valence-electron chi connectivity index (χ4n) is 3.30. The molecule has 0 aliphatic heterocycles. The van der Waals surface area contributed by atoms with E-state index in [2.05, 4.69) is 19.9 Å². The predicted octanol–water partition coefficient (Wildman–Crippen LogP) is 4.14. The summed E-state index contributed by atoms with van der Waals surface area (Å²) in [4.78, 5) is 0. The second kappa shape index (κ2) is 4.13. The average Bonchev–Trinajstić information content (AvgIpc) is 2.92. The molecule has 0 saturated heterocycles. The first-order valence-corrected chi connectivity index (χ1v) is 6.86. The van der Waals surface area contributed by atoms with Crippen LogP contribution in [-0.2, 0) is 5.60 Å². The number of hydrogen-bond acceptors (Lipinski definition) is 2. The van der Waals surface area contributed by atoms with Crippen LogP contribution in [0.25, 0.3) is 11.0 Å². The van der Waals surface area contributed by atoms with E-state index in [-0.39, 0.29) is 0 Å². The molecule has 1 aliphatic carbocycles. The SMILES string of the molecule is CCC1CCCC1(O)c1cc2cc(C)ccc2o1. The van der Waals surface area contributed by atoms with Crippen molar-refractivity contribution in [3.05, 3.63) is 35.6 Å². The van der Waals surface area contributed by atoms with E-state index in [1.54, 1.807) is 0 Å². The normalized spacial score (nSPS) is 28.1. The standard InChI is InChI=1S/C16H20O2/c1-3-13-5-4-8-16(13,17)15-10-12-9-11(2)6-7-14(12)18-15/h6-7,9-10,13,17H,3-5,8H2,1-2H3. The summed E-state index contributed by atoms with van der Waals surface area (Å²) in [7, 11) is 0. The Morgan fingerprint density at radius 1 is 1.39 bits per heavy atom. The first-order chi connectivity index (χ1) is 8.63. The highest BCUT2D eigenvalue weighted by molar-refractivity contribution is 5.78. The lowest BCUT2D eigenvalue weighted by molar-refractivity contribution is -0.0221. The van der Waals surface area contributed by atoms with Crippen LogP contribution in [0.5, 0.6) is 0 Å². The molecular formula is C16H20O2. The van der Waals surface area contributed by atoms with Crippen molar-refractivity contribution in [2.45, 2.75) is 45.1 Å². The molecule has 1 N–H and O–H groups in total. The van der Waals surface area contributed by atoms with Gasteiger partial charge in [0, 0.05) is 5.39 Å². The molecule has 1 heterocycles. The molecule has 2 aromatic rings. The zero-order valence-electron chi connectivity index (χ0n) is 11.1. The highest BCUT2D eigenvalue weighted by Gasteiger charge is 2.44. The van der Waals surface area contributed by atoms with Crippen LogP contribution in [0.1, 0.15) is 43.9 Å². The van der Waals surface area contributed by atoms with Crippen molar-refractivity contribution in [3.63, 3.8) is 0 Å². The van der Waals surface area contributed by atoms with E-state index in [4.69, 9.17) is 4.42 Å². The third-order valence-corrected chi connectivity index (χ3v) is 4.38. The van der Waals surface area contributed by atoms with Crippen molar-refractivity contribution in [1.29, 1.82) is 0 Å². The molecule has 2 unspecified atom stereocenters. The largest absolute Gasteiger partial charge is 0.458 e. The van der Waals surface area contributed by atoms with E-state index in [0.717, 1.165) is 42.4 Å². The average molecular weight is 244 g/mol. The van der Waals surface area contributed by atoms with E-state index in [0.29, 0.717) is 5.92 Å². The van der Waals surface area contributed by atoms with Gasteiger partial charge in [0.1, 0.15) is 16.9 Å². The number of hydrogen-bond donors (Lipinski definition) is 1. The smallest absolute Gasteiger partial charge is 0.137 e. The summed E-state index contributed by atoms with van der Waals surface area (Å²) in [5.41, 5.74) is 1.35. The van der Waals surface area contributed by atoms with Crippen LogP contribution in [0.2, 0.25) is 0 Å². The summed E-state index contributed by atoms with van der Waals surface area (Å²) in [5, 5.41) is 12.0. The highest BCUT2D eigenvalue weighted by atomic mass is 16.4. The Kier molecular flexibility index (Phi) is 2.70. The van der Waals surface area contributed by atoms with Crippen LogP contribution in [0.3, 0.4) is 0 Å².